The highest BCUT2D eigenvalue weighted by Gasteiger charge is 2.24. The van der Waals surface area contributed by atoms with Crippen LogP contribution >= 0.6 is 0 Å². The standard InChI is InChI=1S/C25H36N4O3/c1-5-26-25(27-14-12-19-10-11-23(31-3)24(16-19)32-4)28-17-20-13-15-29(18-20)21-8-6-7-9-22(21)30-2/h6-11,16,20H,5,12-15,17-18H2,1-4H3,(H2,26,27,28). The summed E-state index contributed by atoms with van der Waals surface area (Å²) in [6.07, 6.45) is 2.00. The number of nitrogens with one attached hydrogen (secondary N) is 2. The van der Waals surface area contributed by atoms with Crippen LogP contribution in [0.3, 0.4) is 0 Å². The zero-order valence-electron chi connectivity index (χ0n) is 19.7. The molecule has 1 saturated heterocycles. The van der Waals surface area contributed by atoms with E-state index in [1.807, 2.05) is 24.3 Å². The zero-order chi connectivity index (χ0) is 22.8. The van der Waals surface area contributed by atoms with Crippen LogP contribution in [0.25, 0.3) is 0 Å². The predicted molar refractivity (Wildman–Crippen MR) is 131 cm³/mol. The fraction of sp³-hybridized carbons (Fsp3) is 0.480. The van der Waals surface area contributed by atoms with Crippen LogP contribution in [0.1, 0.15) is 18.9 Å². The number of nitrogens with zero attached hydrogens (tertiary/aromatic N) is 2. The summed E-state index contributed by atoms with van der Waals surface area (Å²) < 4.78 is 16.2. The molecule has 0 amide bonds. The minimum absolute atomic E-state index is 0.529. The molecule has 0 saturated carbocycles. The number of guanidine groups is 1. The van der Waals surface area contributed by atoms with Crippen molar-refractivity contribution < 1.29 is 14.2 Å². The molecule has 174 valence electrons. The summed E-state index contributed by atoms with van der Waals surface area (Å²) in [6.45, 7) is 6.54. The monoisotopic (exact) mass is 440 g/mol. The number of rotatable bonds is 10. The zero-order valence-corrected chi connectivity index (χ0v) is 19.7. The number of para-hydroxylation sites is 2. The smallest absolute Gasteiger partial charge is 0.191 e. The lowest BCUT2D eigenvalue weighted by Crippen LogP contribution is -2.38. The maximum Gasteiger partial charge on any atom is 0.191 e. The Balaban J connectivity index is 1.52. The number of benzene rings is 2. The Morgan fingerprint density at radius 2 is 1.78 bits per heavy atom. The lowest BCUT2D eigenvalue weighted by molar-refractivity contribution is 0.354. The third kappa shape index (κ3) is 6.22. The second-order valence-corrected chi connectivity index (χ2v) is 7.86. The van der Waals surface area contributed by atoms with Crippen molar-refractivity contribution in [2.75, 3.05) is 59.0 Å². The van der Waals surface area contributed by atoms with Crippen molar-refractivity contribution >= 4 is 11.6 Å². The first kappa shape index (κ1) is 23.6. The fourth-order valence-electron chi connectivity index (χ4n) is 4.02. The van der Waals surface area contributed by atoms with Gasteiger partial charge in [0.05, 0.1) is 27.0 Å². The van der Waals surface area contributed by atoms with E-state index in [4.69, 9.17) is 19.2 Å². The van der Waals surface area contributed by atoms with Crippen LogP contribution in [0, 0.1) is 5.92 Å². The highest BCUT2D eigenvalue weighted by Crippen LogP contribution is 2.32. The van der Waals surface area contributed by atoms with Crippen molar-refractivity contribution in [3.05, 3.63) is 48.0 Å². The van der Waals surface area contributed by atoms with Crippen LogP contribution in [-0.2, 0) is 6.42 Å². The van der Waals surface area contributed by atoms with Crippen molar-refractivity contribution in [3.8, 4) is 17.2 Å². The molecule has 2 aromatic rings. The average Bonchev–Trinajstić information content (AvgIpc) is 3.31. The summed E-state index contributed by atoms with van der Waals surface area (Å²) in [5.41, 5.74) is 2.36. The Kier molecular flexibility index (Phi) is 8.90. The Morgan fingerprint density at radius 3 is 2.53 bits per heavy atom. The molecule has 1 fully saturated rings. The van der Waals surface area contributed by atoms with Gasteiger partial charge >= 0.3 is 0 Å². The number of aliphatic imine (C=N–C) groups is 1. The molecule has 1 atom stereocenters. The molecule has 1 aliphatic heterocycles. The van der Waals surface area contributed by atoms with Gasteiger partial charge in [-0.15, -0.1) is 0 Å². The van der Waals surface area contributed by atoms with Gasteiger partial charge in [-0.2, -0.15) is 0 Å². The van der Waals surface area contributed by atoms with Crippen LogP contribution in [0.4, 0.5) is 5.69 Å². The molecule has 1 aliphatic rings. The SMILES string of the molecule is CCNC(=NCC1CCN(c2ccccc2OC)C1)NCCc1ccc(OC)c(OC)c1. The summed E-state index contributed by atoms with van der Waals surface area (Å²) in [5, 5.41) is 6.81. The van der Waals surface area contributed by atoms with E-state index < -0.39 is 0 Å². The molecule has 7 nitrogen and oxygen atoms in total. The van der Waals surface area contributed by atoms with Crippen LogP contribution in [0.15, 0.2) is 47.5 Å². The van der Waals surface area contributed by atoms with Gasteiger partial charge in [0.2, 0.25) is 0 Å². The number of ether oxygens (including phenoxy) is 3. The molecule has 0 radical (unpaired) electrons. The molecule has 1 heterocycles. The minimum Gasteiger partial charge on any atom is -0.495 e. The Hall–Kier alpha value is -3.09. The van der Waals surface area contributed by atoms with Gasteiger partial charge in [0.15, 0.2) is 17.5 Å². The lowest BCUT2D eigenvalue weighted by Gasteiger charge is -2.21. The molecule has 1 unspecified atom stereocenters. The third-order valence-electron chi connectivity index (χ3n) is 5.72. The summed E-state index contributed by atoms with van der Waals surface area (Å²) in [7, 11) is 5.04. The first-order valence-corrected chi connectivity index (χ1v) is 11.3. The number of methoxy groups -OCH3 is 3. The van der Waals surface area contributed by atoms with Gasteiger partial charge in [-0.3, -0.25) is 4.99 Å². The van der Waals surface area contributed by atoms with Gasteiger partial charge in [-0.05, 0) is 55.5 Å². The Bertz CT molecular complexity index is 887. The second kappa shape index (κ2) is 12.1. The van der Waals surface area contributed by atoms with Gasteiger partial charge < -0.3 is 29.7 Å². The molecule has 0 bridgehead atoms. The van der Waals surface area contributed by atoms with Gasteiger partial charge in [-0.25, -0.2) is 0 Å². The number of hydrogen-bond donors (Lipinski definition) is 2. The molecule has 0 spiro atoms. The summed E-state index contributed by atoms with van der Waals surface area (Å²) >= 11 is 0. The molecule has 0 aromatic heterocycles. The van der Waals surface area contributed by atoms with E-state index in [-0.39, 0.29) is 0 Å². The van der Waals surface area contributed by atoms with Crippen LogP contribution in [0.2, 0.25) is 0 Å². The van der Waals surface area contributed by atoms with E-state index in [1.165, 1.54) is 11.3 Å². The highest BCUT2D eigenvalue weighted by molar-refractivity contribution is 5.79. The average molecular weight is 441 g/mol. The number of anilines is 1. The molecule has 7 heteroatoms. The van der Waals surface area contributed by atoms with Crippen molar-refractivity contribution in [2.24, 2.45) is 10.9 Å². The van der Waals surface area contributed by atoms with Gasteiger partial charge in [-0.1, -0.05) is 18.2 Å². The quantitative estimate of drug-likeness (QED) is 0.436. The van der Waals surface area contributed by atoms with Crippen LogP contribution in [-0.4, -0.2) is 60.0 Å². The lowest BCUT2D eigenvalue weighted by atomic mass is 10.1. The van der Waals surface area contributed by atoms with Crippen molar-refractivity contribution in [2.45, 2.75) is 19.8 Å². The van der Waals surface area contributed by atoms with Crippen LogP contribution in [0.5, 0.6) is 17.2 Å². The largest absolute Gasteiger partial charge is 0.495 e. The van der Waals surface area contributed by atoms with Gasteiger partial charge in [0.25, 0.3) is 0 Å². The molecular weight excluding hydrogens is 404 g/mol. The molecule has 3 rings (SSSR count). The van der Waals surface area contributed by atoms with E-state index in [0.29, 0.717) is 5.92 Å². The third-order valence-corrected chi connectivity index (χ3v) is 5.72. The maximum absolute atomic E-state index is 5.53. The number of hydrogen-bond acceptors (Lipinski definition) is 5. The second-order valence-electron chi connectivity index (χ2n) is 7.86. The minimum atomic E-state index is 0.529. The molecular formula is C25H36N4O3. The first-order chi connectivity index (χ1) is 15.7. The normalized spacial score (nSPS) is 16.1. The first-order valence-electron chi connectivity index (χ1n) is 11.3. The van der Waals surface area contributed by atoms with Gasteiger partial charge in [0, 0.05) is 32.7 Å². The Labute approximate surface area is 191 Å². The molecule has 2 aromatic carbocycles. The van der Waals surface area contributed by atoms with E-state index in [9.17, 15) is 0 Å². The summed E-state index contributed by atoms with van der Waals surface area (Å²) in [4.78, 5) is 7.25. The fourth-order valence-corrected chi connectivity index (χ4v) is 4.02. The maximum atomic E-state index is 5.53. The van der Waals surface area contributed by atoms with E-state index >= 15 is 0 Å². The topological polar surface area (TPSA) is 67.4 Å². The molecule has 0 aliphatic carbocycles. The summed E-state index contributed by atoms with van der Waals surface area (Å²) in [6, 6.07) is 14.3. The van der Waals surface area contributed by atoms with E-state index in [1.54, 1.807) is 21.3 Å². The molecule has 32 heavy (non-hydrogen) atoms. The van der Waals surface area contributed by atoms with Crippen molar-refractivity contribution in [1.29, 1.82) is 0 Å². The van der Waals surface area contributed by atoms with Crippen molar-refractivity contribution in [3.63, 3.8) is 0 Å². The van der Waals surface area contributed by atoms with E-state index in [2.05, 4.69) is 40.7 Å². The predicted octanol–water partition coefficient (Wildman–Crippen LogP) is 3.34. The van der Waals surface area contributed by atoms with Crippen molar-refractivity contribution in [1.82, 2.24) is 10.6 Å². The van der Waals surface area contributed by atoms with E-state index in [0.717, 1.165) is 68.8 Å². The van der Waals surface area contributed by atoms with Gasteiger partial charge in [0.1, 0.15) is 5.75 Å². The highest BCUT2D eigenvalue weighted by atomic mass is 16.5. The molecule has 2 N–H and O–H groups in total. The van der Waals surface area contributed by atoms with Crippen LogP contribution < -0.4 is 29.7 Å². The summed E-state index contributed by atoms with van der Waals surface area (Å²) in [5.74, 6) is 3.83. The Morgan fingerprint density at radius 1 is 1.00 bits per heavy atom.